The number of anilines is 2. The summed E-state index contributed by atoms with van der Waals surface area (Å²) in [5, 5.41) is 2.42. The number of benzene rings is 1. The molecule has 0 aromatic heterocycles. The van der Waals surface area contributed by atoms with Crippen LogP contribution in [0.15, 0.2) is 24.3 Å². The van der Waals surface area contributed by atoms with Gasteiger partial charge >= 0.3 is 0 Å². The molecule has 1 aromatic rings. The summed E-state index contributed by atoms with van der Waals surface area (Å²) in [6.45, 7) is 0. The zero-order chi connectivity index (χ0) is 15.3. The van der Waals surface area contributed by atoms with Crippen LogP contribution >= 0.6 is 0 Å². The first kappa shape index (κ1) is 15.8. The molecule has 1 aliphatic rings. The third-order valence-corrected chi connectivity index (χ3v) is 6.10. The van der Waals surface area contributed by atoms with Crippen molar-refractivity contribution in [3.8, 4) is 0 Å². The van der Waals surface area contributed by atoms with E-state index in [0.29, 0.717) is 11.4 Å². The summed E-state index contributed by atoms with van der Waals surface area (Å²) >= 11 is 0. The zero-order valence-electron chi connectivity index (χ0n) is 12.0. The van der Waals surface area contributed by atoms with Gasteiger partial charge in [0.05, 0.1) is 11.0 Å². The van der Waals surface area contributed by atoms with Crippen molar-refractivity contribution >= 4 is 27.1 Å². The smallest absolute Gasteiger partial charge is 0.225 e. The molecule has 2 rings (SSSR count). The molecule has 21 heavy (non-hydrogen) atoms. The van der Waals surface area contributed by atoms with Crippen molar-refractivity contribution in [3.05, 3.63) is 24.3 Å². The molecule has 0 bridgehead atoms. The molecule has 3 N–H and O–H groups in total. The van der Waals surface area contributed by atoms with Gasteiger partial charge in [-0.1, -0.05) is 25.3 Å². The lowest BCUT2D eigenvalue weighted by atomic mass is 10.0. The van der Waals surface area contributed by atoms with Gasteiger partial charge in [-0.05, 0) is 31.0 Å². The number of nitrogens with two attached hydrogens (primary N) is 1. The van der Waals surface area contributed by atoms with Gasteiger partial charge in [0, 0.05) is 17.8 Å². The van der Waals surface area contributed by atoms with Crippen LogP contribution in [0.2, 0.25) is 0 Å². The van der Waals surface area contributed by atoms with E-state index >= 15 is 0 Å². The van der Waals surface area contributed by atoms with Crippen molar-refractivity contribution in [3.63, 3.8) is 0 Å². The largest absolute Gasteiger partial charge is 0.399 e. The minimum Gasteiger partial charge on any atom is -0.399 e. The SMILES string of the molecule is Nc1cccc(NC(=O)CCS(=O)(=O)C2CCCCC2)c1. The summed E-state index contributed by atoms with van der Waals surface area (Å²) in [6, 6.07) is 6.84. The number of rotatable bonds is 5. The number of hydrogen-bond acceptors (Lipinski definition) is 4. The molecule has 0 saturated heterocycles. The number of carbonyl (C=O) groups excluding carboxylic acids is 1. The molecule has 1 amide bonds. The summed E-state index contributed by atoms with van der Waals surface area (Å²) in [6.07, 6.45) is 4.52. The summed E-state index contributed by atoms with van der Waals surface area (Å²) < 4.78 is 24.4. The van der Waals surface area contributed by atoms with Crippen molar-refractivity contribution in [1.29, 1.82) is 0 Å². The summed E-state index contributed by atoms with van der Waals surface area (Å²) in [7, 11) is -3.16. The normalized spacial score (nSPS) is 16.6. The van der Waals surface area contributed by atoms with Gasteiger partial charge in [0.2, 0.25) is 5.91 Å². The van der Waals surface area contributed by atoms with Crippen molar-refractivity contribution in [1.82, 2.24) is 0 Å². The quantitative estimate of drug-likeness (QED) is 0.817. The molecule has 1 fully saturated rings. The molecule has 0 aliphatic heterocycles. The van der Waals surface area contributed by atoms with Gasteiger partial charge in [-0.3, -0.25) is 4.79 Å². The van der Waals surface area contributed by atoms with E-state index in [1.54, 1.807) is 24.3 Å². The van der Waals surface area contributed by atoms with Crippen molar-refractivity contribution in [2.75, 3.05) is 16.8 Å². The van der Waals surface area contributed by atoms with Crippen LogP contribution in [0, 0.1) is 0 Å². The predicted molar refractivity (Wildman–Crippen MR) is 84.8 cm³/mol. The van der Waals surface area contributed by atoms with E-state index in [1.807, 2.05) is 0 Å². The molecule has 1 saturated carbocycles. The fraction of sp³-hybridized carbons (Fsp3) is 0.533. The highest BCUT2D eigenvalue weighted by Gasteiger charge is 2.27. The van der Waals surface area contributed by atoms with Crippen molar-refractivity contribution in [2.45, 2.75) is 43.8 Å². The molecule has 0 atom stereocenters. The molecule has 0 radical (unpaired) electrons. The Labute approximate surface area is 125 Å². The maximum absolute atomic E-state index is 12.2. The molecule has 0 heterocycles. The van der Waals surface area contributed by atoms with E-state index in [-0.39, 0.29) is 23.3 Å². The second-order valence-electron chi connectivity index (χ2n) is 5.55. The Hall–Kier alpha value is -1.56. The van der Waals surface area contributed by atoms with Gasteiger partial charge in [-0.2, -0.15) is 0 Å². The molecule has 6 heteroatoms. The standard InChI is InChI=1S/C15H22N2O3S/c16-12-5-4-6-13(11-12)17-15(18)9-10-21(19,20)14-7-2-1-3-8-14/h4-6,11,14H,1-3,7-10,16H2,(H,17,18). The topological polar surface area (TPSA) is 89.3 Å². The van der Waals surface area contributed by atoms with E-state index in [9.17, 15) is 13.2 Å². The van der Waals surface area contributed by atoms with E-state index in [4.69, 9.17) is 5.73 Å². The average Bonchev–Trinajstić information content (AvgIpc) is 2.46. The number of hydrogen-bond donors (Lipinski definition) is 2. The average molecular weight is 310 g/mol. The molecule has 0 unspecified atom stereocenters. The molecule has 0 spiro atoms. The highest BCUT2D eigenvalue weighted by atomic mass is 32.2. The minimum atomic E-state index is -3.16. The molecule has 1 aromatic carbocycles. The van der Waals surface area contributed by atoms with E-state index < -0.39 is 9.84 Å². The van der Waals surface area contributed by atoms with Gasteiger partial charge in [0.15, 0.2) is 9.84 Å². The summed E-state index contributed by atoms with van der Waals surface area (Å²) in [5.41, 5.74) is 6.78. The Morgan fingerprint density at radius 3 is 2.62 bits per heavy atom. The van der Waals surface area contributed by atoms with Gasteiger partial charge < -0.3 is 11.1 Å². The summed E-state index contributed by atoms with van der Waals surface area (Å²) in [5.74, 6) is -0.369. The molecule has 116 valence electrons. The number of nitrogen functional groups attached to an aromatic ring is 1. The van der Waals surface area contributed by atoms with E-state index in [0.717, 1.165) is 32.1 Å². The van der Waals surface area contributed by atoms with E-state index in [2.05, 4.69) is 5.32 Å². The van der Waals surface area contributed by atoms with Gasteiger partial charge in [-0.25, -0.2) is 8.42 Å². The van der Waals surface area contributed by atoms with Crippen LogP contribution < -0.4 is 11.1 Å². The highest BCUT2D eigenvalue weighted by Crippen LogP contribution is 2.24. The maximum Gasteiger partial charge on any atom is 0.225 e. The Bertz CT molecular complexity index is 593. The van der Waals surface area contributed by atoms with Crippen LogP contribution in [0.4, 0.5) is 11.4 Å². The third-order valence-electron chi connectivity index (χ3n) is 3.84. The van der Waals surface area contributed by atoms with Crippen LogP contribution in [0.1, 0.15) is 38.5 Å². The Morgan fingerprint density at radius 2 is 1.95 bits per heavy atom. The third kappa shape index (κ3) is 4.74. The number of sulfone groups is 1. The Kier molecular flexibility index (Phi) is 5.22. The number of amides is 1. The van der Waals surface area contributed by atoms with Gasteiger partial charge in [0.1, 0.15) is 0 Å². The Balaban J connectivity index is 1.85. The fourth-order valence-electron chi connectivity index (χ4n) is 2.67. The van der Waals surface area contributed by atoms with E-state index in [1.165, 1.54) is 0 Å². The van der Waals surface area contributed by atoms with Gasteiger partial charge in [-0.15, -0.1) is 0 Å². The van der Waals surface area contributed by atoms with Crippen LogP contribution in [0.3, 0.4) is 0 Å². The zero-order valence-corrected chi connectivity index (χ0v) is 12.9. The van der Waals surface area contributed by atoms with Crippen molar-refractivity contribution < 1.29 is 13.2 Å². The van der Waals surface area contributed by atoms with Crippen LogP contribution in [0.5, 0.6) is 0 Å². The molecule has 5 nitrogen and oxygen atoms in total. The predicted octanol–water partition coefficient (Wildman–Crippen LogP) is 2.34. The lowest BCUT2D eigenvalue weighted by molar-refractivity contribution is -0.115. The maximum atomic E-state index is 12.2. The highest BCUT2D eigenvalue weighted by molar-refractivity contribution is 7.92. The second kappa shape index (κ2) is 6.93. The molecule has 1 aliphatic carbocycles. The first-order chi connectivity index (χ1) is 9.97. The molecular formula is C15H22N2O3S. The lowest BCUT2D eigenvalue weighted by Gasteiger charge is -2.21. The first-order valence-electron chi connectivity index (χ1n) is 7.34. The van der Waals surface area contributed by atoms with Gasteiger partial charge in [0.25, 0.3) is 0 Å². The second-order valence-corrected chi connectivity index (χ2v) is 7.95. The fourth-order valence-corrected chi connectivity index (χ4v) is 4.52. The van der Waals surface area contributed by atoms with Crippen LogP contribution in [-0.4, -0.2) is 25.3 Å². The van der Waals surface area contributed by atoms with Crippen LogP contribution in [-0.2, 0) is 14.6 Å². The van der Waals surface area contributed by atoms with Crippen LogP contribution in [0.25, 0.3) is 0 Å². The Morgan fingerprint density at radius 1 is 1.24 bits per heavy atom. The molecular weight excluding hydrogens is 288 g/mol. The van der Waals surface area contributed by atoms with Crippen molar-refractivity contribution in [2.24, 2.45) is 0 Å². The monoisotopic (exact) mass is 310 g/mol. The first-order valence-corrected chi connectivity index (χ1v) is 9.06. The lowest BCUT2D eigenvalue weighted by Crippen LogP contribution is -2.28. The number of nitrogens with one attached hydrogen (secondary N) is 1. The number of carbonyl (C=O) groups is 1. The summed E-state index contributed by atoms with van der Waals surface area (Å²) in [4.78, 5) is 11.8. The minimum absolute atomic E-state index is 0.00632.